The first-order valence-electron chi connectivity index (χ1n) is 10.6. The molecule has 33 heavy (non-hydrogen) atoms. The molecule has 1 aromatic heterocycles. The van der Waals surface area contributed by atoms with Crippen LogP contribution in [0.2, 0.25) is 0 Å². The van der Waals surface area contributed by atoms with Crippen molar-refractivity contribution in [1.29, 1.82) is 0 Å². The average Bonchev–Trinajstić information content (AvgIpc) is 3.28. The second kappa shape index (κ2) is 10.1. The summed E-state index contributed by atoms with van der Waals surface area (Å²) in [5.41, 5.74) is 2.99. The molecule has 0 fully saturated rings. The molecule has 1 atom stereocenters. The monoisotopic (exact) mass is 512 g/mol. The van der Waals surface area contributed by atoms with Gasteiger partial charge in [0, 0.05) is 10.2 Å². The molecule has 0 spiro atoms. The van der Waals surface area contributed by atoms with Gasteiger partial charge in [-0.05, 0) is 48.7 Å². The van der Waals surface area contributed by atoms with E-state index in [-0.39, 0.29) is 5.97 Å². The molecule has 9 heteroatoms. The van der Waals surface area contributed by atoms with Crippen LogP contribution in [-0.4, -0.2) is 34.5 Å². The number of ether oxygens (including phenoxy) is 3. The Kier molecular flexibility index (Phi) is 6.98. The van der Waals surface area contributed by atoms with Crippen LogP contribution in [0.25, 0.3) is 0 Å². The lowest BCUT2D eigenvalue weighted by molar-refractivity contribution is -0.139. The molecule has 1 aliphatic rings. The number of carbonyl (C=O) groups is 1. The summed E-state index contributed by atoms with van der Waals surface area (Å²) in [5.74, 6) is 1.33. The minimum absolute atomic E-state index is 0.345. The van der Waals surface area contributed by atoms with Crippen LogP contribution in [-0.2, 0) is 16.1 Å². The summed E-state index contributed by atoms with van der Waals surface area (Å²) in [4.78, 5) is 17.2. The van der Waals surface area contributed by atoms with E-state index in [9.17, 15) is 4.79 Å². The average molecular weight is 513 g/mol. The molecule has 1 unspecified atom stereocenters. The predicted octanol–water partition coefficient (Wildman–Crippen LogP) is 4.87. The maximum absolute atomic E-state index is 12.9. The predicted molar refractivity (Wildman–Crippen MR) is 127 cm³/mol. The number of halogens is 1. The largest absolute Gasteiger partial charge is 0.493 e. The van der Waals surface area contributed by atoms with Crippen molar-refractivity contribution in [3.8, 4) is 11.5 Å². The van der Waals surface area contributed by atoms with Gasteiger partial charge in [-0.1, -0.05) is 41.1 Å². The van der Waals surface area contributed by atoms with Crippen LogP contribution in [0, 0.1) is 0 Å². The van der Waals surface area contributed by atoms with Crippen molar-refractivity contribution in [3.05, 3.63) is 75.7 Å². The third-order valence-corrected chi connectivity index (χ3v) is 5.73. The van der Waals surface area contributed by atoms with Gasteiger partial charge >= 0.3 is 5.97 Å². The van der Waals surface area contributed by atoms with Crippen molar-refractivity contribution in [2.24, 2.45) is 0 Å². The van der Waals surface area contributed by atoms with Gasteiger partial charge in [0.2, 0.25) is 5.95 Å². The van der Waals surface area contributed by atoms with E-state index in [4.69, 9.17) is 14.2 Å². The maximum atomic E-state index is 12.9. The number of esters is 1. The van der Waals surface area contributed by atoms with E-state index < -0.39 is 6.04 Å². The van der Waals surface area contributed by atoms with Gasteiger partial charge in [-0.25, -0.2) is 9.48 Å². The molecular weight excluding hydrogens is 488 g/mol. The van der Waals surface area contributed by atoms with Gasteiger partial charge < -0.3 is 19.5 Å². The topological polar surface area (TPSA) is 87.5 Å². The standard InChI is InChI=1S/C24H25BrN4O4/c1-4-10-32-23(30)21-15(2)28-24-26-14-27-29(24)22(21)17-8-9-19(20(12-17)31-3)33-13-16-6-5-7-18(25)11-16/h5-9,11-12,14,22H,4,10,13H2,1-3H3,(H,26,27,28). The minimum atomic E-state index is -0.513. The van der Waals surface area contributed by atoms with Crippen LogP contribution >= 0.6 is 15.9 Å². The number of methoxy groups -OCH3 is 1. The van der Waals surface area contributed by atoms with Crippen molar-refractivity contribution in [1.82, 2.24) is 14.8 Å². The number of benzene rings is 2. The summed E-state index contributed by atoms with van der Waals surface area (Å²) in [6.45, 7) is 4.53. The normalized spacial score (nSPS) is 15.0. The van der Waals surface area contributed by atoms with Crippen molar-refractivity contribution in [2.45, 2.75) is 32.9 Å². The zero-order valence-electron chi connectivity index (χ0n) is 18.7. The highest BCUT2D eigenvalue weighted by Crippen LogP contribution is 2.39. The molecule has 0 radical (unpaired) electrons. The molecule has 0 amide bonds. The van der Waals surface area contributed by atoms with Gasteiger partial charge in [-0.3, -0.25) is 0 Å². The Hall–Kier alpha value is -3.33. The highest BCUT2D eigenvalue weighted by molar-refractivity contribution is 9.10. The van der Waals surface area contributed by atoms with Crippen LogP contribution in [0.4, 0.5) is 5.95 Å². The van der Waals surface area contributed by atoms with Crippen LogP contribution in [0.15, 0.2) is 64.5 Å². The highest BCUT2D eigenvalue weighted by Gasteiger charge is 2.34. The molecule has 4 rings (SSSR count). The molecule has 0 saturated carbocycles. The van der Waals surface area contributed by atoms with Crippen molar-refractivity contribution >= 4 is 27.8 Å². The lowest BCUT2D eigenvalue weighted by Crippen LogP contribution is -2.29. The van der Waals surface area contributed by atoms with Crippen molar-refractivity contribution in [3.63, 3.8) is 0 Å². The van der Waals surface area contributed by atoms with Gasteiger partial charge in [-0.2, -0.15) is 10.1 Å². The van der Waals surface area contributed by atoms with Gasteiger partial charge in [0.1, 0.15) is 19.0 Å². The summed E-state index contributed by atoms with van der Waals surface area (Å²) in [6.07, 6.45) is 2.19. The summed E-state index contributed by atoms with van der Waals surface area (Å²) in [6, 6.07) is 13.0. The number of allylic oxidation sites excluding steroid dienone is 1. The Labute approximate surface area is 200 Å². The number of fused-ring (bicyclic) bond motifs is 1. The molecule has 0 bridgehead atoms. The Morgan fingerprint density at radius 1 is 1.21 bits per heavy atom. The molecule has 2 heterocycles. The van der Waals surface area contributed by atoms with E-state index in [1.807, 2.05) is 56.3 Å². The maximum Gasteiger partial charge on any atom is 0.338 e. The lowest BCUT2D eigenvalue weighted by Gasteiger charge is -2.28. The number of rotatable bonds is 8. The smallest absolute Gasteiger partial charge is 0.338 e. The Bertz CT molecular complexity index is 1190. The fraction of sp³-hybridized carbons (Fsp3) is 0.292. The number of nitrogens with zero attached hydrogens (tertiary/aromatic N) is 3. The molecule has 2 aromatic carbocycles. The number of carbonyl (C=O) groups excluding carboxylic acids is 1. The van der Waals surface area contributed by atoms with E-state index in [0.29, 0.717) is 41.9 Å². The molecule has 0 aliphatic carbocycles. The molecule has 3 aromatic rings. The van der Waals surface area contributed by atoms with Gasteiger partial charge in [0.05, 0.1) is 19.3 Å². The second-order valence-electron chi connectivity index (χ2n) is 7.56. The SMILES string of the molecule is CCCOC(=O)C1=C(C)Nc2ncnn2C1c1ccc(OCc2cccc(Br)c2)c(OC)c1. The molecule has 1 aliphatic heterocycles. The van der Waals surface area contributed by atoms with Crippen LogP contribution < -0.4 is 14.8 Å². The number of hydrogen-bond acceptors (Lipinski definition) is 7. The third kappa shape index (κ3) is 4.88. The number of anilines is 1. The molecule has 0 saturated heterocycles. The fourth-order valence-electron chi connectivity index (χ4n) is 3.70. The van der Waals surface area contributed by atoms with E-state index in [0.717, 1.165) is 22.0 Å². The van der Waals surface area contributed by atoms with Crippen molar-refractivity contribution < 1.29 is 19.0 Å². The van der Waals surface area contributed by atoms with Crippen LogP contribution in [0.3, 0.4) is 0 Å². The first-order chi connectivity index (χ1) is 16.0. The quantitative estimate of drug-likeness (QED) is 0.430. The van der Waals surface area contributed by atoms with Gasteiger partial charge in [0.25, 0.3) is 0 Å². The summed E-state index contributed by atoms with van der Waals surface area (Å²) < 4.78 is 19.8. The highest BCUT2D eigenvalue weighted by atomic mass is 79.9. The zero-order valence-corrected chi connectivity index (χ0v) is 20.3. The third-order valence-electron chi connectivity index (χ3n) is 5.24. The van der Waals surface area contributed by atoms with E-state index >= 15 is 0 Å². The summed E-state index contributed by atoms with van der Waals surface area (Å²) in [7, 11) is 1.59. The minimum Gasteiger partial charge on any atom is -0.493 e. The molecule has 1 N–H and O–H groups in total. The molecule has 8 nitrogen and oxygen atoms in total. The summed E-state index contributed by atoms with van der Waals surface area (Å²) >= 11 is 3.48. The van der Waals surface area contributed by atoms with E-state index in [2.05, 4.69) is 31.3 Å². The molecular formula is C24H25BrN4O4. The summed E-state index contributed by atoms with van der Waals surface area (Å²) in [5, 5.41) is 7.49. The van der Waals surface area contributed by atoms with Crippen LogP contribution in [0.1, 0.15) is 37.4 Å². The fourth-order valence-corrected chi connectivity index (χ4v) is 4.14. The second-order valence-corrected chi connectivity index (χ2v) is 8.47. The first-order valence-corrected chi connectivity index (χ1v) is 11.4. The van der Waals surface area contributed by atoms with Gasteiger partial charge in [0.15, 0.2) is 11.5 Å². The lowest BCUT2D eigenvalue weighted by atomic mass is 9.95. The Balaban J connectivity index is 1.66. The first kappa shape index (κ1) is 22.8. The number of aromatic nitrogens is 3. The molecule has 172 valence electrons. The van der Waals surface area contributed by atoms with Crippen molar-refractivity contribution in [2.75, 3.05) is 19.0 Å². The Morgan fingerprint density at radius 2 is 2.06 bits per heavy atom. The zero-order chi connectivity index (χ0) is 23.4. The number of hydrogen-bond donors (Lipinski definition) is 1. The van der Waals surface area contributed by atoms with E-state index in [1.165, 1.54) is 6.33 Å². The van der Waals surface area contributed by atoms with Crippen LogP contribution in [0.5, 0.6) is 11.5 Å². The Morgan fingerprint density at radius 3 is 2.82 bits per heavy atom. The van der Waals surface area contributed by atoms with Gasteiger partial charge in [-0.15, -0.1) is 0 Å². The number of nitrogens with one attached hydrogen (secondary N) is 1. The van der Waals surface area contributed by atoms with E-state index in [1.54, 1.807) is 11.8 Å².